The van der Waals surface area contributed by atoms with Crippen LogP contribution in [-0.2, 0) is 4.74 Å². The monoisotopic (exact) mass is 356 g/mol. The largest absolute Gasteiger partial charge is 0.375 e. The molecule has 0 saturated carbocycles. The number of hydrogen-bond acceptors (Lipinski definition) is 5. The highest BCUT2D eigenvalue weighted by Gasteiger charge is 2.39. The standard InChI is InChI=1S/C19H24N4O3/c1-14(17-21-16(22-26-17)15-6-3-2-4-7-15)20-18(24)23-11-9-19(10-12-23)8-5-13-25-19/h2-4,6-7,14H,5,8-13H2,1H3,(H,20,24)/t14-/m1/s1. The van der Waals surface area contributed by atoms with E-state index in [0.29, 0.717) is 11.7 Å². The number of hydrogen-bond donors (Lipinski definition) is 1. The third-order valence-electron chi connectivity index (χ3n) is 5.33. The lowest BCUT2D eigenvalue weighted by Crippen LogP contribution is -2.50. The van der Waals surface area contributed by atoms with Gasteiger partial charge in [-0.15, -0.1) is 0 Å². The van der Waals surface area contributed by atoms with Crippen molar-refractivity contribution in [1.29, 1.82) is 0 Å². The summed E-state index contributed by atoms with van der Waals surface area (Å²) in [6.07, 6.45) is 4.06. The molecule has 4 rings (SSSR count). The molecule has 1 N–H and O–H groups in total. The van der Waals surface area contributed by atoms with Crippen molar-refractivity contribution >= 4 is 6.03 Å². The van der Waals surface area contributed by atoms with Crippen LogP contribution >= 0.6 is 0 Å². The minimum atomic E-state index is -0.342. The van der Waals surface area contributed by atoms with Crippen LogP contribution < -0.4 is 5.32 Å². The lowest BCUT2D eigenvalue weighted by Gasteiger charge is -2.38. The molecule has 2 saturated heterocycles. The molecule has 7 nitrogen and oxygen atoms in total. The summed E-state index contributed by atoms with van der Waals surface area (Å²) >= 11 is 0. The number of nitrogens with one attached hydrogen (secondary N) is 1. The highest BCUT2D eigenvalue weighted by molar-refractivity contribution is 5.74. The molecule has 2 aliphatic heterocycles. The molecular weight excluding hydrogens is 332 g/mol. The van der Waals surface area contributed by atoms with Gasteiger partial charge in [0.25, 0.3) is 0 Å². The fraction of sp³-hybridized carbons (Fsp3) is 0.526. The molecule has 0 bridgehead atoms. The van der Waals surface area contributed by atoms with Gasteiger partial charge in [0.1, 0.15) is 6.04 Å². The molecule has 0 unspecified atom stereocenters. The number of carbonyl (C=O) groups excluding carboxylic acids is 1. The number of aromatic nitrogens is 2. The maximum Gasteiger partial charge on any atom is 0.318 e. The van der Waals surface area contributed by atoms with Crippen LogP contribution in [0.5, 0.6) is 0 Å². The molecular formula is C19H24N4O3. The highest BCUT2D eigenvalue weighted by atomic mass is 16.5. The fourth-order valence-corrected chi connectivity index (χ4v) is 3.72. The smallest absolute Gasteiger partial charge is 0.318 e. The van der Waals surface area contributed by atoms with E-state index < -0.39 is 0 Å². The van der Waals surface area contributed by atoms with Crippen LogP contribution in [-0.4, -0.2) is 46.4 Å². The zero-order valence-electron chi connectivity index (χ0n) is 15.0. The van der Waals surface area contributed by atoms with Crippen LogP contribution in [0.25, 0.3) is 11.4 Å². The first-order chi connectivity index (χ1) is 12.7. The highest BCUT2D eigenvalue weighted by Crippen LogP contribution is 2.35. The Morgan fingerprint density at radius 1 is 1.23 bits per heavy atom. The van der Waals surface area contributed by atoms with Crippen LogP contribution in [0.4, 0.5) is 4.79 Å². The third kappa shape index (κ3) is 3.44. The number of amides is 2. The summed E-state index contributed by atoms with van der Waals surface area (Å²) in [5, 5.41) is 6.97. The molecule has 138 valence electrons. The Morgan fingerprint density at radius 3 is 2.69 bits per heavy atom. The summed E-state index contributed by atoms with van der Waals surface area (Å²) in [5.74, 6) is 0.935. The van der Waals surface area contributed by atoms with Crippen LogP contribution in [0, 0.1) is 0 Å². The Kier molecular flexibility index (Phi) is 4.63. The van der Waals surface area contributed by atoms with Crippen molar-refractivity contribution in [2.24, 2.45) is 0 Å². The quantitative estimate of drug-likeness (QED) is 0.914. The van der Waals surface area contributed by atoms with Crippen LogP contribution in [0.2, 0.25) is 0 Å². The van der Waals surface area contributed by atoms with Crippen molar-refractivity contribution in [3.05, 3.63) is 36.2 Å². The maximum absolute atomic E-state index is 12.5. The van der Waals surface area contributed by atoms with Gasteiger partial charge in [-0.2, -0.15) is 4.98 Å². The number of nitrogens with zero attached hydrogens (tertiary/aromatic N) is 3. The predicted octanol–water partition coefficient (Wildman–Crippen LogP) is 3.15. The molecule has 1 aromatic heterocycles. The van der Waals surface area contributed by atoms with Crippen molar-refractivity contribution in [2.75, 3.05) is 19.7 Å². The SMILES string of the molecule is C[C@@H](NC(=O)N1CCC2(CCCO2)CC1)c1nc(-c2ccccc2)no1. The van der Waals surface area contributed by atoms with Crippen LogP contribution in [0.1, 0.15) is 44.5 Å². The number of ether oxygens (including phenoxy) is 1. The second-order valence-electron chi connectivity index (χ2n) is 7.12. The van der Waals surface area contributed by atoms with Gasteiger partial charge in [-0.3, -0.25) is 0 Å². The average Bonchev–Trinajstić information content (AvgIpc) is 3.33. The van der Waals surface area contributed by atoms with E-state index in [1.165, 1.54) is 0 Å². The first-order valence-electron chi connectivity index (χ1n) is 9.24. The summed E-state index contributed by atoms with van der Waals surface area (Å²) in [5.41, 5.74) is 0.901. The number of urea groups is 1. The first-order valence-corrected chi connectivity index (χ1v) is 9.24. The molecule has 2 fully saturated rings. The first kappa shape index (κ1) is 17.0. The van der Waals surface area contributed by atoms with Crippen LogP contribution in [0.3, 0.4) is 0 Å². The minimum Gasteiger partial charge on any atom is -0.375 e. The van der Waals surface area contributed by atoms with Crippen molar-refractivity contribution in [1.82, 2.24) is 20.4 Å². The van der Waals surface area contributed by atoms with E-state index in [-0.39, 0.29) is 17.7 Å². The zero-order valence-corrected chi connectivity index (χ0v) is 15.0. The van der Waals surface area contributed by atoms with Gasteiger partial charge < -0.3 is 19.5 Å². The molecule has 0 radical (unpaired) electrons. The Morgan fingerprint density at radius 2 is 2.00 bits per heavy atom. The van der Waals surface area contributed by atoms with E-state index in [9.17, 15) is 4.79 Å². The van der Waals surface area contributed by atoms with Crippen molar-refractivity contribution < 1.29 is 14.1 Å². The van der Waals surface area contributed by atoms with Gasteiger partial charge >= 0.3 is 6.03 Å². The lowest BCUT2D eigenvalue weighted by molar-refractivity contribution is -0.0362. The fourth-order valence-electron chi connectivity index (χ4n) is 3.72. The average molecular weight is 356 g/mol. The summed E-state index contributed by atoms with van der Waals surface area (Å²) in [6.45, 7) is 4.14. The van der Waals surface area contributed by atoms with Gasteiger partial charge in [0.15, 0.2) is 0 Å². The Labute approximate surface area is 152 Å². The molecule has 2 amide bonds. The molecule has 1 spiro atoms. The third-order valence-corrected chi connectivity index (χ3v) is 5.33. The number of benzene rings is 1. The Balaban J connectivity index is 1.34. The molecule has 7 heteroatoms. The summed E-state index contributed by atoms with van der Waals surface area (Å²) in [6, 6.07) is 9.20. The Bertz CT molecular complexity index is 745. The van der Waals surface area contributed by atoms with E-state index in [1.807, 2.05) is 42.2 Å². The van der Waals surface area contributed by atoms with Gasteiger partial charge in [0.05, 0.1) is 5.60 Å². The van der Waals surface area contributed by atoms with E-state index >= 15 is 0 Å². The number of carbonyl (C=O) groups is 1. The van der Waals surface area contributed by atoms with Gasteiger partial charge in [0, 0.05) is 25.3 Å². The molecule has 1 aromatic carbocycles. The molecule has 2 aromatic rings. The van der Waals surface area contributed by atoms with Gasteiger partial charge in [-0.05, 0) is 32.6 Å². The van der Waals surface area contributed by atoms with E-state index in [0.717, 1.165) is 50.9 Å². The van der Waals surface area contributed by atoms with E-state index in [4.69, 9.17) is 9.26 Å². The van der Waals surface area contributed by atoms with E-state index in [2.05, 4.69) is 15.5 Å². The number of likely N-dealkylation sites (tertiary alicyclic amines) is 1. The van der Waals surface area contributed by atoms with Crippen molar-refractivity contribution in [3.8, 4) is 11.4 Å². The lowest BCUT2D eigenvalue weighted by atomic mass is 9.89. The summed E-state index contributed by atoms with van der Waals surface area (Å²) in [4.78, 5) is 18.8. The second-order valence-corrected chi connectivity index (χ2v) is 7.12. The van der Waals surface area contributed by atoms with Gasteiger partial charge in [0.2, 0.25) is 11.7 Å². The second kappa shape index (κ2) is 7.07. The maximum atomic E-state index is 12.5. The molecule has 1 atom stereocenters. The van der Waals surface area contributed by atoms with Crippen molar-refractivity contribution in [2.45, 2.75) is 44.2 Å². The minimum absolute atomic E-state index is 0.0134. The summed E-state index contributed by atoms with van der Waals surface area (Å²) < 4.78 is 11.2. The van der Waals surface area contributed by atoms with Crippen molar-refractivity contribution in [3.63, 3.8) is 0 Å². The molecule has 0 aliphatic carbocycles. The van der Waals surface area contributed by atoms with E-state index in [1.54, 1.807) is 0 Å². The van der Waals surface area contributed by atoms with Crippen LogP contribution in [0.15, 0.2) is 34.9 Å². The summed E-state index contributed by atoms with van der Waals surface area (Å²) in [7, 11) is 0. The number of piperidine rings is 1. The molecule has 26 heavy (non-hydrogen) atoms. The predicted molar refractivity (Wildman–Crippen MR) is 95.4 cm³/mol. The Hall–Kier alpha value is -2.41. The van der Waals surface area contributed by atoms with Gasteiger partial charge in [-0.1, -0.05) is 35.5 Å². The zero-order chi connectivity index (χ0) is 18.0. The molecule has 3 heterocycles. The molecule has 2 aliphatic rings. The normalized spacial score (nSPS) is 20.3. The number of rotatable bonds is 3. The van der Waals surface area contributed by atoms with Gasteiger partial charge in [-0.25, -0.2) is 4.79 Å². The topological polar surface area (TPSA) is 80.5 Å².